The number of benzene rings is 2. The van der Waals surface area contributed by atoms with Gasteiger partial charge in [0.05, 0.1) is 0 Å². The molecule has 0 saturated heterocycles. The first-order valence-corrected chi connectivity index (χ1v) is 8.00. The number of nitrogens with zero attached hydrogens (tertiary/aromatic N) is 1. The first-order valence-electron chi connectivity index (χ1n) is 8.00. The zero-order valence-corrected chi connectivity index (χ0v) is 12.8. The molecule has 0 radical (unpaired) electrons. The summed E-state index contributed by atoms with van der Waals surface area (Å²) < 4.78 is 13.4. The standard InChI is InChI=1S/C20H18FNO.CH4/c21-18-9-1-4-14(10-18)12-22-13-17-8-3-6-15-5-2-7-16(20(15)17)11-19(22)23;/h1-4,6-10,16H,5,11-13H2;1H4. The summed E-state index contributed by atoms with van der Waals surface area (Å²) in [5, 5.41) is 0. The minimum Gasteiger partial charge on any atom is -0.334 e. The molecule has 1 heterocycles. The topological polar surface area (TPSA) is 20.3 Å². The van der Waals surface area contributed by atoms with E-state index in [1.54, 1.807) is 6.07 Å². The van der Waals surface area contributed by atoms with Gasteiger partial charge < -0.3 is 4.90 Å². The number of amides is 1. The Morgan fingerprint density at radius 2 is 1.92 bits per heavy atom. The van der Waals surface area contributed by atoms with Gasteiger partial charge in [-0.25, -0.2) is 4.39 Å². The smallest absolute Gasteiger partial charge is 0.224 e. The van der Waals surface area contributed by atoms with Crippen LogP contribution in [0.3, 0.4) is 0 Å². The van der Waals surface area contributed by atoms with Crippen LogP contribution in [0, 0.1) is 5.82 Å². The number of rotatable bonds is 2. The van der Waals surface area contributed by atoms with Gasteiger partial charge in [-0.15, -0.1) is 0 Å². The normalized spacial score (nSPS) is 18.6. The van der Waals surface area contributed by atoms with Gasteiger partial charge in [-0.05, 0) is 40.8 Å². The lowest BCUT2D eigenvalue weighted by molar-refractivity contribution is -0.132. The van der Waals surface area contributed by atoms with Crippen LogP contribution in [0.15, 0.2) is 54.6 Å². The van der Waals surface area contributed by atoms with Crippen molar-refractivity contribution in [2.75, 3.05) is 0 Å². The molecule has 1 aliphatic heterocycles. The fourth-order valence-corrected chi connectivity index (χ4v) is 3.69. The molecule has 2 aliphatic rings. The van der Waals surface area contributed by atoms with Crippen LogP contribution in [-0.2, 0) is 24.3 Å². The first-order chi connectivity index (χ1) is 11.2. The molecule has 4 rings (SSSR count). The van der Waals surface area contributed by atoms with Crippen LogP contribution < -0.4 is 0 Å². The van der Waals surface area contributed by atoms with Crippen LogP contribution in [-0.4, -0.2) is 10.8 Å². The van der Waals surface area contributed by atoms with Gasteiger partial charge in [0.1, 0.15) is 5.82 Å². The van der Waals surface area contributed by atoms with E-state index in [9.17, 15) is 9.18 Å². The van der Waals surface area contributed by atoms with Gasteiger partial charge in [-0.3, -0.25) is 4.79 Å². The molecule has 0 spiro atoms. The summed E-state index contributed by atoms with van der Waals surface area (Å²) in [6.07, 6.45) is 5.76. The third kappa shape index (κ3) is 2.99. The maximum Gasteiger partial charge on any atom is 0.224 e. The monoisotopic (exact) mass is 323 g/mol. The van der Waals surface area contributed by atoms with Crippen LogP contribution in [0.2, 0.25) is 0 Å². The second-order valence-corrected chi connectivity index (χ2v) is 6.31. The predicted molar refractivity (Wildman–Crippen MR) is 94.0 cm³/mol. The van der Waals surface area contributed by atoms with Crippen molar-refractivity contribution in [1.29, 1.82) is 0 Å². The molecule has 2 aromatic carbocycles. The molecule has 0 aromatic heterocycles. The van der Waals surface area contributed by atoms with Crippen LogP contribution in [0.4, 0.5) is 4.39 Å². The molecule has 24 heavy (non-hydrogen) atoms. The van der Waals surface area contributed by atoms with E-state index in [1.807, 2.05) is 11.0 Å². The Morgan fingerprint density at radius 1 is 1.12 bits per heavy atom. The maximum atomic E-state index is 13.4. The highest BCUT2D eigenvalue weighted by atomic mass is 19.1. The number of allylic oxidation sites excluding steroid dienone is 2. The minimum absolute atomic E-state index is 0. The Balaban J connectivity index is 0.00000169. The lowest BCUT2D eigenvalue weighted by atomic mass is 9.83. The van der Waals surface area contributed by atoms with Crippen molar-refractivity contribution in [3.8, 4) is 0 Å². The average Bonchev–Trinajstić information content (AvgIpc) is 2.67. The second-order valence-electron chi connectivity index (χ2n) is 6.31. The van der Waals surface area contributed by atoms with E-state index in [0.717, 1.165) is 12.0 Å². The van der Waals surface area contributed by atoms with Crippen LogP contribution in [0.25, 0.3) is 0 Å². The van der Waals surface area contributed by atoms with Gasteiger partial charge in [-0.1, -0.05) is 49.9 Å². The van der Waals surface area contributed by atoms with Gasteiger partial charge in [0, 0.05) is 25.4 Å². The highest BCUT2D eigenvalue weighted by molar-refractivity contribution is 5.79. The van der Waals surface area contributed by atoms with E-state index in [0.29, 0.717) is 19.5 Å². The van der Waals surface area contributed by atoms with E-state index in [1.165, 1.54) is 28.8 Å². The molecule has 3 heteroatoms. The van der Waals surface area contributed by atoms with Crippen LogP contribution in [0.1, 0.15) is 42.0 Å². The molecule has 0 bridgehead atoms. The summed E-state index contributed by atoms with van der Waals surface area (Å²) in [6, 6.07) is 12.8. The van der Waals surface area contributed by atoms with E-state index in [4.69, 9.17) is 0 Å². The Morgan fingerprint density at radius 3 is 2.75 bits per heavy atom. The van der Waals surface area contributed by atoms with Crippen molar-refractivity contribution in [2.45, 2.75) is 39.3 Å². The van der Waals surface area contributed by atoms with Gasteiger partial charge >= 0.3 is 0 Å². The molecule has 1 amide bonds. The fraction of sp³-hybridized carbons (Fsp3) is 0.286. The molecule has 124 valence electrons. The Labute approximate surface area is 142 Å². The summed E-state index contributed by atoms with van der Waals surface area (Å²) in [6.45, 7) is 1.06. The lowest BCUT2D eigenvalue weighted by Gasteiger charge is -2.21. The number of hydrogen-bond acceptors (Lipinski definition) is 1. The van der Waals surface area contributed by atoms with Crippen molar-refractivity contribution in [3.05, 3.63) is 82.7 Å². The summed E-state index contributed by atoms with van der Waals surface area (Å²) >= 11 is 0. The van der Waals surface area contributed by atoms with E-state index in [2.05, 4.69) is 30.4 Å². The highest BCUT2D eigenvalue weighted by Gasteiger charge is 2.29. The number of carbonyl (C=O) groups is 1. The van der Waals surface area contributed by atoms with Crippen molar-refractivity contribution in [1.82, 2.24) is 4.90 Å². The summed E-state index contributed by atoms with van der Waals surface area (Å²) in [5.41, 5.74) is 4.71. The molecule has 2 aromatic rings. The third-order valence-corrected chi connectivity index (χ3v) is 4.73. The molecule has 0 fully saturated rings. The van der Waals surface area contributed by atoms with Crippen molar-refractivity contribution in [2.24, 2.45) is 0 Å². The fourth-order valence-electron chi connectivity index (χ4n) is 3.69. The average molecular weight is 323 g/mol. The van der Waals surface area contributed by atoms with Crippen LogP contribution in [0.5, 0.6) is 0 Å². The van der Waals surface area contributed by atoms with Gasteiger partial charge in [0.25, 0.3) is 0 Å². The summed E-state index contributed by atoms with van der Waals surface area (Å²) in [5.74, 6) is 0.0547. The molecular formula is C21H22FNO. The molecule has 1 unspecified atom stereocenters. The largest absolute Gasteiger partial charge is 0.334 e. The Bertz CT molecular complexity index is 796. The van der Waals surface area contributed by atoms with Crippen molar-refractivity contribution >= 4 is 5.91 Å². The van der Waals surface area contributed by atoms with Crippen molar-refractivity contribution < 1.29 is 9.18 Å². The number of hydrogen-bond donors (Lipinski definition) is 0. The molecular weight excluding hydrogens is 301 g/mol. The van der Waals surface area contributed by atoms with E-state index < -0.39 is 0 Å². The predicted octanol–water partition coefficient (Wildman–Crippen LogP) is 4.59. The maximum absolute atomic E-state index is 13.4. The molecule has 0 saturated carbocycles. The van der Waals surface area contributed by atoms with E-state index >= 15 is 0 Å². The quantitative estimate of drug-likeness (QED) is 0.740. The molecule has 0 N–H and O–H groups in total. The van der Waals surface area contributed by atoms with Crippen LogP contribution >= 0.6 is 0 Å². The van der Waals surface area contributed by atoms with E-state index in [-0.39, 0.29) is 25.1 Å². The summed E-state index contributed by atoms with van der Waals surface area (Å²) in [7, 11) is 0. The third-order valence-electron chi connectivity index (χ3n) is 4.73. The number of halogens is 1. The zero-order valence-electron chi connectivity index (χ0n) is 12.8. The summed E-state index contributed by atoms with van der Waals surface area (Å²) in [4.78, 5) is 14.5. The van der Waals surface area contributed by atoms with Crippen molar-refractivity contribution in [3.63, 3.8) is 0 Å². The SMILES string of the molecule is C.O=C1CC2C=CCc3cccc(c32)CN1Cc1cccc(F)c1. The molecule has 1 atom stereocenters. The minimum atomic E-state index is -0.258. The zero-order chi connectivity index (χ0) is 15.8. The highest BCUT2D eigenvalue weighted by Crippen LogP contribution is 2.36. The van der Waals surface area contributed by atoms with Gasteiger partial charge in [0.15, 0.2) is 0 Å². The molecule has 1 aliphatic carbocycles. The van der Waals surface area contributed by atoms with Gasteiger partial charge in [-0.2, -0.15) is 0 Å². The second kappa shape index (κ2) is 6.60. The Kier molecular flexibility index (Phi) is 4.52. The lowest BCUT2D eigenvalue weighted by Crippen LogP contribution is -2.28. The van der Waals surface area contributed by atoms with Gasteiger partial charge in [0.2, 0.25) is 5.91 Å². The number of carbonyl (C=O) groups excluding carboxylic acids is 1. The first kappa shape index (κ1) is 16.4. The Hall–Kier alpha value is -2.42. The molecule has 2 nitrogen and oxygen atoms in total.